The Hall–Kier alpha value is -2.20. The van der Waals surface area contributed by atoms with E-state index < -0.39 is 6.04 Å². The van der Waals surface area contributed by atoms with Gasteiger partial charge in [-0.1, -0.05) is 29.0 Å². The Morgan fingerprint density at radius 1 is 1.20 bits per heavy atom. The first-order valence-electron chi connectivity index (χ1n) is 12.1. The smallest absolute Gasteiger partial charge is 0.261 e. The average Bonchev–Trinajstić information content (AvgIpc) is 3.30. The van der Waals surface area contributed by atoms with Crippen molar-refractivity contribution in [3.05, 3.63) is 46.6 Å². The Morgan fingerprint density at radius 3 is 2.71 bits per heavy atom. The maximum Gasteiger partial charge on any atom is 0.261 e. The molecular formula is C25H33ClN4O4S. The number of nitrogens with zero attached hydrogens (tertiary/aromatic N) is 3. The molecule has 4 rings (SSSR count). The van der Waals surface area contributed by atoms with Crippen LogP contribution in [0.15, 0.2) is 36.5 Å². The number of carbonyl (C=O) groups is 2. The van der Waals surface area contributed by atoms with E-state index in [9.17, 15) is 9.59 Å². The van der Waals surface area contributed by atoms with Gasteiger partial charge in [-0.3, -0.25) is 14.6 Å². The highest BCUT2D eigenvalue weighted by atomic mass is 35.5. The molecule has 1 N–H and O–H groups in total. The first-order valence-corrected chi connectivity index (χ1v) is 13.3. The summed E-state index contributed by atoms with van der Waals surface area (Å²) in [7, 11) is 1.55. The van der Waals surface area contributed by atoms with Gasteiger partial charge < -0.3 is 24.6 Å². The largest absolute Gasteiger partial charge is 0.474 e. The fraction of sp³-hybridized carbons (Fsp3) is 0.560. The zero-order valence-corrected chi connectivity index (χ0v) is 21.6. The van der Waals surface area contributed by atoms with Crippen LogP contribution >= 0.6 is 22.9 Å². The number of piperazine rings is 1. The van der Waals surface area contributed by atoms with Crippen LogP contribution in [0, 0.1) is 5.92 Å². The van der Waals surface area contributed by atoms with Crippen molar-refractivity contribution in [2.75, 3.05) is 40.0 Å². The number of amides is 2. The molecule has 2 aromatic heterocycles. The molecule has 1 saturated heterocycles. The first-order chi connectivity index (χ1) is 17.0. The number of ether oxygens (including phenoxy) is 2. The molecule has 3 heterocycles. The monoisotopic (exact) mass is 520 g/mol. The normalized spacial score (nSPS) is 22.9. The van der Waals surface area contributed by atoms with Crippen LogP contribution in [0.1, 0.15) is 31.4 Å². The lowest BCUT2D eigenvalue weighted by atomic mass is 9.85. The summed E-state index contributed by atoms with van der Waals surface area (Å²) >= 11 is 7.20. The molecule has 35 heavy (non-hydrogen) atoms. The van der Waals surface area contributed by atoms with Gasteiger partial charge >= 0.3 is 0 Å². The quantitative estimate of drug-likeness (QED) is 0.518. The van der Waals surface area contributed by atoms with E-state index >= 15 is 0 Å². The predicted octanol–water partition coefficient (Wildman–Crippen LogP) is 3.21. The number of halogens is 1. The van der Waals surface area contributed by atoms with Gasteiger partial charge in [-0.15, -0.1) is 0 Å². The molecule has 2 fully saturated rings. The van der Waals surface area contributed by atoms with Crippen LogP contribution in [0.5, 0.6) is 5.06 Å². The number of methoxy groups -OCH3 is 1. The standard InChI is InChI=1S/C25H33ClN4O4S/c1-33-16-21-25(32)29(12-13-30(21)23(31)17-34-24-10-9-22(26)35-24)15-18-5-7-19(8-6-18)28-14-20-4-2-3-11-27-20/h2-4,9-11,18-19,21,28H,5-8,12-17H2,1H3. The van der Waals surface area contributed by atoms with Crippen molar-refractivity contribution in [3.8, 4) is 5.06 Å². The number of carbonyl (C=O) groups excluding carboxylic acids is 2. The van der Waals surface area contributed by atoms with Crippen molar-refractivity contribution in [1.29, 1.82) is 0 Å². The maximum atomic E-state index is 13.3. The van der Waals surface area contributed by atoms with Crippen LogP contribution in [0.2, 0.25) is 4.34 Å². The minimum absolute atomic E-state index is 0.0407. The van der Waals surface area contributed by atoms with Crippen molar-refractivity contribution in [2.45, 2.75) is 44.3 Å². The fourth-order valence-corrected chi connectivity index (χ4v) is 5.71. The van der Waals surface area contributed by atoms with E-state index in [2.05, 4.69) is 10.3 Å². The van der Waals surface area contributed by atoms with E-state index in [-0.39, 0.29) is 25.0 Å². The number of pyridine rings is 1. The highest BCUT2D eigenvalue weighted by molar-refractivity contribution is 7.17. The van der Waals surface area contributed by atoms with Crippen LogP contribution in [0.4, 0.5) is 0 Å². The summed E-state index contributed by atoms with van der Waals surface area (Å²) in [6.07, 6.45) is 6.17. The third-order valence-electron chi connectivity index (χ3n) is 6.74. The van der Waals surface area contributed by atoms with Crippen molar-refractivity contribution in [1.82, 2.24) is 20.1 Å². The molecule has 0 radical (unpaired) electrons. The molecule has 10 heteroatoms. The highest BCUT2D eigenvalue weighted by Gasteiger charge is 2.38. The lowest BCUT2D eigenvalue weighted by Crippen LogP contribution is -2.61. The Bertz CT molecular complexity index is 967. The zero-order chi connectivity index (χ0) is 24.6. The molecule has 0 bridgehead atoms. The Morgan fingerprint density at radius 2 is 2.03 bits per heavy atom. The second-order valence-electron chi connectivity index (χ2n) is 9.11. The molecule has 0 aromatic carbocycles. The summed E-state index contributed by atoms with van der Waals surface area (Å²) in [5.74, 6) is 0.217. The van der Waals surface area contributed by atoms with E-state index in [0.717, 1.165) is 44.5 Å². The van der Waals surface area contributed by atoms with Gasteiger partial charge in [0.15, 0.2) is 11.7 Å². The van der Waals surface area contributed by atoms with Gasteiger partial charge in [-0.2, -0.15) is 0 Å². The van der Waals surface area contributed by atoms with E-state index in [0.29, 0.717) is 34.4 Å². The number of hydrogen-bond acceptors (Lipinski definition) is 7. The zero-order valence-electron chi connectivity index (χ0n) is 20.0. The maximum absolute atomic E-state index is 13.3. The van der Waals surface area contributed by atoms with Gasteiger partial charge in [0.2, 0.25) is 5.91 Å². The molecule has 190 valence electrons. The molecule has 1 aliphatic heterocycles. The van der Waals surface area contributed by atoms with Crippen molar-refractivity contribution in [3.63, 3.8) is 0 Å². The Balaban J connectivity index is 1.24. The summed E-state index contributed by atoms with van der Waals surface area (Å²) in [5, 5.41) is 4.20. The molecule has 2 amide bonds. The third-order valence-corrected chi connectivity index (χ3v) is 7.88. The van der Waals surface area contributed by atoms with Gasteiger partial charge in [-0.05, 0) is 55.9 Å². The van der Waals surface area contributed by atoms with Crippen LogP contribution in [0.25, 0.3) is 0 Å². The van der Waals surface area contributed by atoms with E-state index in [1.165, 1.54) is 11.3 Å². The lowest BCUT2D eigenvalue weighted by molar-refractivity contribution is -0.155. The molecule has 1 unspecified atom stereocenters. The summed E-state index contributed by atoms with van der Waals surface area (Å²) in [6.45, 7) is 2.59. The molecule has 8 nitrogen and oxygen atoms in total. The lowest BCUT2D eigenvalue weighted by Gasteiger charge is -2.42. The average molecular weight is 521 g/mol. The topological polar surface area (TPSA) is 84.0 Å². The predicted molar refractivity (Wildman–Crippen MR) is 136 cm³/mol. The summed E-state index contributed by atoms with van der Waals surface area (Å²) in [6, 6.07) is 9.30. The minimum Gasteiger partial charge on any atom is -0.474 e. The number of thiophene rings is 1. The number of hydrogen-bond donors (Lipinski definition) is 1. The summed E-state index contributed by atoms with van der Waals surface area (Å²) < 4.78 is 11.5. The van der Waals surface area contributed by atoms with Gasteiger partial charge in [0, 0.05) is 45.5 Å². The van der Waals surface area contributed by atoms with E-state index in [1.807, 2.05) is 29.3 Å². The highest BCUT2D eigenvalue weighted by Crippen LogP contribution is 2.29. The van der Waals surface area contributed by atoms with Crippen LogP contribution in [-0.4, -0.2) is 78.6 Å². The molecule has 1 atom stereocenters. The van der Waals surface area contributed by atoms with E-state index in [4.69, 9.17) is 21.1 Å². The van der Waals surface area contributed by atoms with Crippen molar-refractivity contribution in [2.24, 2.45) is 5.92 Å². The summed E-state index contributed by atoms with van der Waals surface area (Å²) in [5.41, 5.74) is 1.06. The van der Waals surface area contributed by atoms with Crippen LogP contribution in [0.3, 0.4) is 0 Å². The first kappa shape index (κ1) is 25.9. The second-order valence-corrected chi connectivity index (χ2v) is 10.8. The molecule has 1 aliphatic carbocycles. The second kappa shape index (κ2) is 12.7. The van der Waals surface area contributed by atoms with Gasteiger partial charge in [-0.25, -0.2) is 0 Å². The minimum atomic E-state index is -0.617. The molecule has 1 saturated carbocycles. The number of rotatable bonds is 10. The number of nitrogens with one attached hydrogen (secondary N) is 1. The van der Waals surface area contributed by atoms with Gasteiger partial charge in [0.1, 0.15) is 6.04 Å². The van der Waals surface area contributed by atoms with Gasteiger partial charge in [0.25, 0.3) is 5.91 Å². The SMILES string of the molecule is COCC1C(=O)N(CC2CCC(NCc3ccccn3)CC2)CCN1C(=O)COc1ccc(Cl)s1. The molecule has 2 aliphatic rings. The molecule has 2 aromatic rings. The van der Waals surface area contributed by atoms with Gasteiger partial charge in [0.05, 0.1) is 16.6 Å². The summed E-state index contributed by atoms with van der Waals surface area (Å²) in [4.78, 5) is 34.0. The van der Waals surface area contributed by atoms with Crippen LogP contribution in [-0.2, 0) is 20.9 Å². The van der Waals surface area contributed by atoms with E-state index in [1.54, 1.807) is 24.1 Å². The number of aromatic nitrogens is 1. The fourth-order valence-electron chi connectivity index (χ4n) is 4.84. The Labute approximate surface area is 215 Å². The van der Waals surface area contributed by atoms with Crippen molar-refractivity contribution < 1.29 is 19.1 Å². The molecule has 0 spiro atoms. The van der Waals surface area contributed by atoms with Crippen molar-refractivity contribution >= 4 is 34.8 Å². The molecular weight excluding hydrogens is 488 g/mol. The van der Waals surface area contributed by atoms with Crippen LogP contribution < -0.4 is 10.1 Å². The Kier molecular flexibility index (Phi) is 9.37. The third kappa shape index (κ3) is 7.16.